The third kappa shape index (κ3) is 5.68. The van der Waals surface area contributed by atoms with Crippen molar-refractivity contribution in [2.24, 2.45) is 0 Å². The number of methoxy groups -OCH3 is 1. The summed E-state index contributed by atoms with van der Waals surface area (Å²) >= 11 is 0. The molecule has 0 aliphatic carbocycles. The van der Waals surface area contributed by atoms with Crippen LogP contribution in [-0.2, 0) is 10.0 Å². The van der Waals surface area contributed by atoms with Gasteiger partial charge < -0.3 is 19.9 Å². The van der Waals surface area contributed by atoms with Crippen LogP contribution in [0, 0.1) is 0 Å². The van der Waals surface area contributed by atoms with E-state index in [4.69, 9.17) is 4.74 Å². The van der Waals surface area contributed by atoms with Gasteiger partial charge in [0.05, 0.1) is 23.4 Å². The lowest BCUT2D eigenvalue weighted by Gasteiger charge is -2.34. The molecule has 3 aromatic rings. The molecule has 2 aromatic carbocycles. The van der Waals surface area contributed by atoms with Crippen LogP contribution in [-0.4, -0.2) is 75.5 Å². The average molecular weight is 524 g/mol. The third-order valence-corrected chi connectivity index (χ3v) is 7.76. The summed E-state index contributed by atoms with van der Waals surface area (Å²) in [5, 5.41) is 7.92. The van der Waals surface area contributed by atoms with Crippen LogP contribution in [0.1, 0.15) is 18.3 Å². The molecule has 1 fully saturated rings. The largest absolute Gasteiger partial charge is 0.495 e. The van der Waals surface area contributed by atoms with Crippen LogP contribution < -0.4 is 19.7 Å². The molecule has 37 heavy (non-hydrogen) atoms. The van der Waals surface area contributed by atoms with Gasteiger partial charge in [0.25, 0.3) is 0 Å². The van der Waals surface area contributed by atoms with Crippen LogP contribution in [0.25, 0.3) is 11.8 Å². The van der Waals surface area contributed by atoms with E-state index in [1.807, 2.05) is 25.1 Å². The number of likely N-dealkylation sites (N-methyl/N-ethyl adjacent to an activating group) is 1. The summed E-state index contributed by atoms with van der Waals surface area (Å²) in [6, 6.07) is 12.6. The van der Waals surface area contributed by atoms with Crippen molar-refractivity contribution in [3.05, 3.63) is 66.5 Å². The van der Waals surface area contributed by atoms with E-state index in [0.717, 1.165) is 54.6 Å². The number of benzene rings is 2. The molecule has 2 heterocycles. The Morgan fingerprint density at radius 2 is 1.81 bits per heavy atom. The minimum atomic E-state index is -3.52. The van der Waals surface area contributed by atoms with Crippen LogP contribution >= 0.6 is 0 Å². The summed E-state index contributed by atoms with van der Waals surface area (Å²) in [4.78, 5) is 9.42. The number of piperazine rings is 1. The summed E-state index contributed by atoms with van der Waals surface area (Å²) < 4.78 is 33.9. The number of hydrogen-bond donors (Lipinski definition) is 2. The summed E-state index contributed by atoms with van der Waals surface area (Å²) in [7, 11) is 1.67. The first kappa shape index (κ1) is 26.4. The average Bonchev–Trinajstić information content (AvgIpc) is 3.32. The van der Waals surface area contributed by atoms with Crippen molar-refractivity contribution in [1.29, 1.82) is 0 Å². The first-order valence-corrected chi connectivity index (χ1v) is 13.5. The van der Waals surface area contributed by atoms with Crippen LogP contribution in [0.15, 0.2) is 60.0 Å². The Morgan fingerprint density at radius 3 is 2.41 bits per heavy atom. The molecule has 1 aliphatic heterocycles. The summed E-state index contributed by atoms with van der Waals surface area (Å²) in [6.07, 6.45) is 3.51. The smallest absolute Gasteiger partial charge is 0.247 e. The third-order valence-electron chi connectivity index (χ3n) is 6.33. The van der Waals surface area contributed by atoms with E-state index in [9.17, 15) is 8.42 Å². The van der Waals surface area contributed by atoms with Gasteiger partial charge in [-0.3, -0.25) is 0 Å². The SMILES string of the molecule is C=Cc1nc(Nc2ccc(N3CCN(C)CC3)c(OC)c2)nn1/C(=C\C)c1ccc(S(=O)(=O)NC)cc1. The topological polar surface area (TPSA) is 105 Å². The van der Waals surface area contributed by atoms with Gasteiger partial charge in [0.1, 0.15) is 5.75 Å². The predicted molar refractivity (Wildman–Crippen MR) is 148 cm³/mol. The molecule has 0 amide bonds. The number of anilines is 3. The van der Waals surface area contributed by atoms with E-state index in [1.54, 1.807) is 42.1 Å². The number of ether oxygens (including phenoxy) is 1. The molecule has 10 nitrogen and oxygen atoms in total. The van der Waals surface area contributed by atoms with Crippen LogP contribution in [0.2, 0.25) is 0 Å². The van der Waals surface area contributed by atoms with Gasteiger partial charge in [-0.2, -0.15) is 4.98 Å². The number of allylic oxidation sites excluding steroid dienone is 1. The van der Waals surface area contributed by atoms with Crippen molar-refractivity contribution in [3.63, 3.8) is 0 Å². The molecule has 1 aliphatic rings. The van der Waals surface area contributed by atoms with Gasteiger partial charge in [0, 0.05) is 37.9 Å². The molecule has 0 radical (unpaired) electrons. The highest BCUT2D eigenvalue weighted by molar-refractivity contribution is 7.89. The van der Waals surface area contributed by atoms with Gasteiger partial charge in [0.15, 0.2) is 5.82 Å². The van der Waals surface area contributed by atoms with Crippen LogP contribution in [0.3, 0.4) is 0 Å². The Kier molecular flexibility index (Phi) is 7.96. The lowest BCUT2D eigenvalue weighted by molar-refractivity contribution is 0.311. The van der Waals surface area contributed by atoms with Gasteiger partial charge in [-0.1, -0.05) is 24.8 Å². The minimum Gasteiger partial charge on any atom is -0.495 e. The summed E-state index contributed by atoms with van der Waals surface area (Å²) in [5.74, 6) is 1.73. The molecule has 0 spiro atoms. The van der Waals surface area contributed by atoms with Gasteiger partial charge >= 0.3 is 0 Å². The second-order valence-corrected chi connectivity index (χ2v) is 10.5. The monoisotopic (exact) mass is 523 g/mol. The maximum absolute atomic E-state index is 12.1. The van der Waals surface area contributed by atoms with Crippen molar-refractivity contribution in [2.75, 3.05) is 57.6 Å². The fourth-order valence-electron chi connectivity index (χ4n) is 4.21. The molecule has 0 atom stereocenters. The number of hydrogen-bond acceptors (Lipinski definition) is 8. The number of rotatable bonds is 9. The molecule has 2 N–H and O–H groups in total. The highest BCUT2D eigenvalue weighted by Gasteiger charge is 2.19. The highest BCUT2D eigenvalue weighted by atomic mass is 32.2. The second-order valence-electron chi connectivity index (χ2n) is 8.62. The highest BCUT2D eigenvalue weighted by Crippen LogP contribution is 2.33. The molecule has 196 valence electrons. The van der Waals surface area contributed by atoms with Gasteiger partial charge in [-0.15, -0.1) is 5.10 Å². The molecule has 1 aromatic heterocycles. The van der Waals surface area contributed by atoms with Crippen molar-refractivity contribution in [1.82, 2.24) is 24.4 Å². The number of sulfonamides is 1. The Bertz CT molecular complexity index is 1390. The normalized spacial score (nSPS) is 15.0. The Morgan fingerprint density at radius 1 is 1.11 bits per heavy atom. The van der Waals surface area contributed by atoms with E-state index in [1.165, 1.54) is 7.05 Å². The molecular weight excluding hydrogens is 490 g/mol. The predicted octanol–water partition coefficient (Wildman–Crippen LogP) is 3.24. The van der Waals surface area contributed by atoms with Crippen molar-refractivity contribution in [3.8, 4) is 5.75 Å². The zero-order valence-electron chi connectivity index (χ0n) is 21.6. The molecule has 11 heteroatoms. The number of nitrogens with one attached hydrogen (secondary N) is 2. The Hall–Kier alpha value is -3.67. The fourth-order valence-corrected chi connectivity index (χ4v) is 4.94. The van der Waals surface area contributed by atoms with E-state index >= 15 is 0 Å². The van der Waals surface area contributed by atoms with Crippen LogP contribution in [0.4, 0.5) is 17.3 Å². The first-order chi connectivity index (χ1) is 17.8. The molecule has 0 bridgehead atoms. The zero-order valence-corrected chi connectivity index (χ0v) is 22.4. The Labute approximate surface area is 218 Å². The van der Waals surface area contributed by atoms with Gasteiger partial charge in [-0.25, -0.2) is 17.8 Å². The number of nitrogens with zero attached hydrogens (tertiary/aromatic N) is 5. The van der Waals surface area contributed by atoms with Gasteiger partial charge in [0.2, 0.25) is 16.0 Å². The maximum Gasteiger partial charge on any atom is 0.247 e. The lowest BCUT2D eigenvalue weighted by Crippen LogP contribution is -2.44. The maximum atomic E-state index is 12.1. The van der Waals surface area contributed by atoms with E-state index in [-0.39, 0.29) is 4.90 Å². The molecule has 1 saturated heterocycles. The standard InChI is InChI=1S/C26H33N7O3S/c1-6-22(19-8-11-21(12-9-19)37(34,35)27-3)33-25(7-2)29-26(30-33)28-20-10-13-23(24(18-20)36-5)32-16-14-31(4)15-17-32/h6-13,18,27H,2,14-17H2,1,3-5H3,(H,28,30)/b22-6-. The van der Waals surface area contributed by atoms with E-state index in [0.29, 0.717) is 11.8 Å². The molecular formula is C26H33N7O3S. The fraction of sp³-hybridized carbons (Fsp3) is 0.308. The van der Waals surface area contributed by atoms with Crippen molar-refractivity contribution >= 4 is 39.1 Å². The van der Waals surface area contributed by atoms with Crippen molar-refractivity contribution < 1.29 is 13.2 Å². The zero-order chi connectivity index (χ0) is 26.6. The van der Waals surface area contributed by atoms with E-state index in [2.05, 4.69) is 49.6 Å². The first-order valence-electron chi connectivity index (χ1n) is 12.0. The molecule has 0 saturated carbocycles. The Balaban J connectivity index is 1.58. The summed E-state index contributed by atoms with van der Waals surface area (Å²) in [5.41, 5.74) is 3.39. The number of aromatic nitrogens is 3. The minimum absolute atomic E-state index is 0.188. The quantitative estimate of drug-likeness (QED) is 0.441. The van der Waals surface area contributed by atoms with E-state index < -0.39 is 10.0 Å². The van der Waals surface area contributed by atoms with Crippen molar-refractivity contribution in [2.45, 2.75) is 11.8 Å². The molecule has 4 rings (SSSR count). The molecule has 0 unspecified atom stereocenters. The lowest BCUT2D eigenvalue weighted by atomic mass is 10.1. The van der Waals surface area contributed by atoms with Gasteiger partial charge in [-0.05, 0) is 56.9 Å². The second kappa shape index (κ2) is 11.2. The van der Waals surface area contributed by atoms with Crippen LogP contribution in [0.5, 0.6) is 5.75 Å². The summed E-state index contributed by atoms with van der Waals surface area (Å²) in [6.45, 7) is 9.68.